The number of likely N-dealkylation sites (N-methyl/N-ethyl adjacent to an activating group) is 1. The number of carbonyl (C=O) groups is 1. The molecule has 4 nitrogen and oxygen atoms in total. The largest absolute Gasteiger partial charge is 0.396 e. The molecular weight excluding hydrogens is 276 g/mol. The highest BCUT2D eigenvalue weighted by molar-refractivity contribution is 5.94. The third-order valence-corrected chi connectivity index (χ3v) is 5.60. The van der Waals surface area contributed by atoms with Gasteiger partial charge in [0.2, 0.25) is 0 Å². The number of piperidine rings is 2. The number of rotatable bonds is 2. The van der Waals surface area contributed by atoms with Gasteiger partial charge in [-0.1, -0.05) is 17.7 Å². The van der Waals surface area contributed by atoms with Crippen molar-refractivity contribution in [1.82, 2.24) is 9.80 Å². The molecule has 1 amide bonds. The summed E-state index contributed by atoms with van der Waals surface area (Å²) in [6.45, 7) is 4.79. The second-order valence-electron chi connectivity index (χ2n) is 6.99. The first-order chi connectivity index (χ1) is 10.6. The minimum Gasteiger partial charge on any atom is -0.396 e. The summed E-state index contributed by atoms with van der Waals surface area (Å²) in [5, 5.41) is 9.94. The Labute approximate surface area is 132 Å². The lowest BCUT2D eigenvalue weighted by molar-refractivity contribution is -0.0601. The van der Waals surface area contributed by atoms with Gasteiger partial charge in [0, 0.05) is 30.1 Å². The van der Waals surface area contributed by atoms with Crippen LogP contribution in [0.1, 0.15) is 35.2 Å². The Morgan fingerprint density at radius 2 is 2.00 bits per heavy atom. The van der Waals surface area contributed by atoms with E-state index in [1.54, 1.807) is 0 Å². The molecule has 0 bridgehead atoms. The molecule has 3 rings (SSSR count). The van der Waals surface area contributed by atoms with Gasteiger partial charge in [-0.15, -0.1) is 0 Å². The molecule has 1 aromatic rings. The highest BCUT2D eigenvalue weighted by Gasteiger charge is 2.47. The molecule has 4 heteroatoms. The Morgan fingerprint density at radius 1 is 1.27 bits per heavy atom. The van der Waals surface area contributed by atoms with Crippen LogP contribution in [0.15, 0.2) is 24.3 Å². The van der Waals surface area contributed by atoms with Gasteiger partial charge in [0.15, 0.2) is 0 Å². The molecule has 2 atom stereocenters. The smallest absolute Gasteiger partial charge is 0.253 e. The summed E-state index contributed by atoms with van der Waals surface area (Å²) < 4.78 is 0. The fraction of sp³-hybridized carbons (Fsp3) is 0.611. The van der Waals surface area contributed by atoms with Crippen LogP contribution in [0.5, 0.6) is 0 Å². The third kappa shape index (κ3) is 2.66. The summed E-state index contributed by atoms with van der Waals surface area (Å²) in [6.07, 6.45) is 3.11. The highest BCUT2D eigenvalue weighted by Crippen LogP contribution is 2.41. The predicted octanol–water partition coefficient (Wildman–Crippen LogP) is 1.91. The van der Waals surface area contributed by atoms with Crippen molar-refractivity contribution in [2.45, 2.75) is 32.2 Å². The van der Waals surface area contributed by atoms with Crippen LogP contribution in [-0.2, 0) is 0 Å². The van der Waals surface area contributed by atoms with E-state index in [1.165, 1.54) is 5.56 Å². The summed E-state index contributed by atoms with van der Waals surface area (Å²) in [6, 6.07) is 8.07. The highest BCUT2D eigenvalue weighted by atomic mass is 16.3. The Morgan fingerprint density at radius 3 is 2.68 bits per heavy atom. The first kappa shape index (κ1) is 15.5. The molecule has 0 spiro atoms. The predicted molar refractivity (Wildman–Crippen MR) is 86.9 cm³/mol. The van der Waals surface area contributed by atoms with E-state index >= 15 is 0 Å². The Hall–Kier alpha value is -1.39. The summed E-state index contributed by atoms with van der Waals surface area (Å²) in [5.74, 6) is 0.116. The second-order valence-corrected chi connectivity index (χ2v) is 6.99. The number of benzene rings is 1. The Kier molecular flexibility index (Phi) is 4.24. The molecule has 0 unspecified atom stereocenters. The fourth-order valence-electron chi connectivity index (χ4n) is 4.08. The van der Waals surface area contributed by atoms with Crippen molar-refractivity contribution in [2.75, 3.05) is 33.3 Å². The van der Waals surface area contributed by atoms with E-state index in [2.05, 4.69) is 11.9 Å². The van der Waals surface area contributed by atoms with Crippen molar-refractivity contribution in [1.29, 1.82) is 0 Å². The number of nitrogens with zero attached hydrogens (tertiary/aromatic N) is 2. The molecule has 0 aromatic heterocycles. The van der Waals surface area contributed by atoms with Crippen molar-refractivity contribution in [3.05, 3.63) is 35.4 Å². The van der Waals surface area contributed by atoms with Crippen molar-refractivity contribution in [3.63, 3.8) is 0 Å². The van der Waals surface area contributed by atoms with Gasteiger partial charge in [0.05, 0.1) is 6.61 Å². The van der Waals surface area contributed by atoms with Gasteiger partial charge in [-0.2, -0.15) is 0 Å². The van der Waals surface area contributed by atoms with Gasteiger partial charge in [-0.25, -0.2) is 0 Å². The molecule has 2 heterocycles. The van der Waals surface area contributed by atoms with E-state index in [9.17, 15) is 9.90 Å². The van der Waals surface area contributed by atoms with Crippen LogP contribution < -0.4 is 0 Å². The van der Waals surface area contributed by atoms with Crippen LogP contribution in [0, 0.1) is 12.3 Å². The Balaban J connectivity index is 1.77. The molecule has 1 aromatic carbocycles. The fourth-order valence-corrected chi connectivity index (χ4v) is 4.08. The SMILES string of the molecule is Cc1ccc(C(=O)N2CC[C@@]3(CO)CCCN(C)[C@@H]3C2)cc1. The topological polar surface area (TPSA) is 43.8 Å². The maximum atomic E-state index is 12.7. The standard InChI is InChI=1S/C18H26N2O2/c1-14-4-6-15(7-5-14)17(22)20-11-9-18(13-21)8-3-10-19(2)16(18)12-20/h4-7,16,21H,3,8-13H2,1-2H3/t16-,18-/m1/s1. The summed E-state index contributed by atoms with van der Waals surface area (Å²) in [4.78, 5) is 17.0. The van der Waals surface area contributed by atoms with E-state index < -0.39 is 0 Å². The normalized spacial score (nSPS) is 29.2. The minimum absolute atomic E-state index is 0.0168. The van der Waals surface area contributed by atoms with Crippen molar-refractivity contribution in [2.24, 2.45) is 5.41 Å². The van der Waals surface area contributed by atoms with E-state index in [4.69, 9.17) is 0 Å². The first-order valence-corrected chi connectivity index (χ1v) is 8.23. The van der Waals surface area contributed by atoms with Crippen LogP contribution in [0.3, 0.4) is 0 Å². The van der Waals surface area contributed by atoms with E-state index in [0.717, 1.165) is 44.5 Å². The average Bonchev–Trinajstić information content (AvgIpc) is 2.55. The monoisotopic (exact) mass is 302 g/mol. The molecule has 120 valence electrons. The lowest BCUT2D eigenvalue weighted by Crippen LogP contribution is -2.62. The number of aryl methyl sites for hydroxylation is 1. The van der Waals surface area contributed by atoms with Gasteiger partial charge in [-0.05, 0) is 51.9 Å². The number of amides is 1. The van der Waals surface area contributed by atoms with E-state index in [1.807, 2.05) is 36.1 Å². The average molecular weight is 302 g/mol. The van der Waals surface area contributed by atoms with Crippen LogP contribution >= 0.6 is 0 Å². The minimum atomic E-state index is -0.0168. The molecule has 2 aliphatic heterocycles. The number of hydrogen-bond donors (Lipinski definition) is 1. The zero-order valence-corrected chi connectivity index (χ0v) is 13.6. The molecule has 0 saturated carbocycles. The van der Waals surface area contributed by atoms with Crippen LogP contribution in [0.2, 0.25) is 0 Å². The maximum Gasteiger partial charge on any atom is 0.253 e. The summed E-state index contributed by atoms with van der Waals surface area (Å²) in [7, 11) is 2.12. The van der Waals surface area contributed by atoms with Crippen LogP contribution in [0.4, 0.5) is 0 Å². The number of likely N-dealkylation sites (tertiary alicyclic amines) is 2. The van der Waals surface area contributed by atoms with Gasteiger partial charge in [-0.3, -0.25) is 4.79 Å². The molecule has 2 saturated heterocycles. The van der Waals surface area contributed by atoms with Gasteiger partial charge in [0.1, 0.15) is 0 Å². The summed E-state index contributed by atoms with van der Waals surface area (Å²) in [5.41, 5.74) is 1.92. The number of aliphatic hydroxyl groups is 1. The zero-order chi connectivity index (χ0) is 15.7. The number of hydrogen-bond acceptors (Lipinski definition) is 3. The number of fused-ring (bicyclic) bond motifs is 1. The lowest BCUT2D eigenvalue weighted by Gasteiger charge is -2.53. The number of carbonyl (C=O) groups excluding carboxylic acids is 1. The van der Waals surface area contributed by atoms with Gasteiger partial charge < -0.3 is 14.9 Å². The molecule has 0 aliphatic carbocycles. The molecule has 2 fully saturated rings. The van der Waals surface area contributed by atoms with Crippen molar-refractivity contribution >= 4 is 5.91 Å². The summed E-state index contributed by atoms with van der Waals surface area (Å²) >= 11 is 0. The molecule has 2 aliphatic rings. The second kappa shape index (κ2) is 6.01. The Bertz CT molecular complexity index is 543. The maximum absolute atomic E-state index is 12.7. The first-order valence-electron chi connectivity index (χ1n) is 8.23. The molecule has 0 radical (unpaired) electrons. The molecule has 22 heavy (non-hydrogen) atoms. The number of aliphatic hydroxyl groups excluding tert-OH is 1. The van der Waals surface area contributed by atoms with Crippen molar-refractivity contribution < 1.29 is 9.90 Å². The third-order valence-electron chi connectivity index (χ3n) is 5.60. The zero-order valence-electron chi connectivity index (χ0n) is 13.6. The van der Waals surface area contributed by atoms with Crippen LogP contribution in [-0.4, -0.2) is 60.1 Å². The molecule has 1 N–H and O–H groups in total. The van der Waals surface area contributed by atoms with Gasteiger partial charge in [0.25, 0.3) is 5.91 Å². The van der Waals surface area contributed by atoms with Gasteiger partial charge >= 0.3 is 0 Å². The molecular formula is C18H26N2O2. The van der Waals surface area contributed by atoms with Crippen LogP contribution in [0.25, 0.3) is 0 Å². The lowest BCUT2D eigenvalue weighted by atomic mass is 9.69. The van der Waals surface area contributed by atoms with E-state index in [0.29, 0.717) is 0 Å². The quantitative estimate of drug-likeness (QED) is 0.907. The van der Waals surface area contributed by atoms with E-state index in [-0.39, 0.29) is 24.0 Å². The van der Waals surface area contributed by atoms with Crippen molar-refractivity contribution in [3.8, 4) is 0 Å².